The second kappa shape index (κ2) is 19.7. The minimum Gasteiger partial charge on any atom is -0.465 e. The predicted molar refractivity (Wildman–Crippen MR) is 258 cm³/mol. The van der Waals surface area contributed by atoms with Crippen molar-refractivity contribution in [3.63, 3.8) is 0 Å². The molecule has 0 amide bonds. The molecule has 1 heterocycles. The number of aliphatic hydroxyl groups is 8. The number of ether oxygens (including phenoxy) is 1. The van der Waals surface area contributed by atoms with E-state index in [1.165, 1.54) is 0 Å². The molecule has 8 aliphatic rings. The standard InChI is InChI=1S/C28H48O6.C28H48O5/c1-14(2)15(3)24(31)25(32)16(4)18-7-8-19-17-13-34-26(33)21-11-22(29)23(30)12-28(21,6)20(17)9-10-27(18,19)5;1-14(2)15(3)25(32)26(33)16(4)18-7-8-19-17-11-22(29)21-12-23(30)24(31)13-28(21,6)20(17)9-10-27(18,19)5/h14-25,29-32H,7-13H2,1-6H3;14-21,23-26,30-33H,7-13H2,1-6H3/t15-,16-,17-,18+,19-,20-,21+,22-,23+,24+,25+,27+,28+;15-,16-,17-,18+,19-,20-,21+,23-,24+,25+,26+,27+,28+/m00/s1. The highest BCUT2D eigenvalue weighted by molar-refractivity contribution is 5.83. The third-order valence-corrected chi connectivity index (χ3v) is 23.2. The summed E-state index contributed by atoms with van der Waals surface area (Å²) >= 11 is 0. The van der Waals surface area contributed by atoms with Crippen LogP contribution in [0.3, 0.4) is 0 Å². The number of aliphatic hydroxyl groups excluding tert-OH is 8. The molecule has 386 valence electrons. The van der Waals surface area contributed by atoms with Crippen LogP contribution in [0.25, 0.3) is 0 Å². The molecule has 11 nitrogen and oxygen atoms in total. The van der Waals surface area contributed by atoms with Crippen molar-refractivity contribution in [2.75, 3.05) is 6.61 Å². The van der Waals surface area contributed by atoms with Gasteiger partial charge < -0.3 is 45.6 Å². The Morgan fingerprint density at radius 1 is 0.493 bits per heavy atom. The second-order valence-corrected chi connectivity index (χ2v) is 26.7. The number of hydrogen-bond acceptors (Lipinski definition) is 11. The van der Waals surface area contributed by atoms with Gasteiger partial charge in [-0.25, -0.2) is 0 Å². The van der Waals surface area contributed by atoms with Gasteiger partial charge in [-0.2, -0.15) is 0 Å². The van der Waals surface area contributed by atoms with Crippen LogP contribution in [0.5, 0.6) is 0 Å². The highest BCUT2D eigenvalue weighted by Gasteiger charge is 2.65. The lowest BCUT2D eigenvalue weighted by Crippen LogP contribution is -2.59. The molecule has 8 fully saturated rings. The molecule has 0 aromatic rings. The van der Waals surface area contributed by atoms with Gasteiger partial charge in [-0.3, -0.25) is 9.59 Å². The van der Waals surface area contributed by atoms with Crippen LogP contribution in [0.15, 0.2) is 0 Å². The number of carbonyl (C=O) groups excluding carboxylic acids is 2. The van der Waals surface area contributed by atoms with Gasteiger partial charge in [0.05, 0.1) is 61.4 Å². The maximum atomic E-state index is 13.3. The molecule has 11 heteroatoms. The van der Waals surface area contributed by atoms with Crippen LogP contribution < -0.4 is 0 Å². The Labute approximate surface area is 404 Å². The van der Waals surface area contributed by atoms with Gasteiger partial charge in [0.1, 0.15) is 5.78 Å². The van der Waals surface area contributed by atoms with Crippen LogP contribution >= 0.6 is 0 Å². The topological polar surface area (TPSA) is 205 Å². The quantitative estimate of drug-likeness (QED) is 0.103. The lowest BCUT2D eigenvalue weighted by Gasteiger charge is -2.61. The van der Waals surface area contributed by atoms with Crippen LogP contribution in [-0.2, 0) is 14.3 Å². The molecular formula is C56H96O11. The number of hydrogen-bond donors (Lipinski definition) is 8. The van der Waals surface area contributed by atoms with E-state index in [1.807, 2.05) is 13.8 Å². The van der Waals surface area contributed by atoms with Crippen molar-refractivity contribution in [3.05, 3.63) is 0 Å². The van der Waals surface area contributed by atoms with Gasteiger partial charge in [-0.05, 0) is 182 Å². The Balaban J connectivity index is 0.000000199. The normalized spacial score (nSPS) is 48.6. The third kappa shape index (κ3) is 9.08. The van der Waals surface area contributed by atoms with Crippen LogP contribution in [0.4, 0.5) is 0 Å². The highest BCUT2D eigenvalue weighted by Crippen LogP contribution is 2.69. The molecular weight excluding hydrogens is 849 g/mol. The Morgan fingerprint density at radius 2 is 0.881 bits per heavy atom. The van der Waals surface area contributed by atoms with Gasteiger partial charge in [0, 0.05) is 12.3 Å². The van der Waals surface area contributed by atoms with Crippen molar-refractivity contribution in [2.45, 2.75) is 215 Å². The van der Waals surface area contributed by atoms with E-state index in [1.54, 1.807) is 0 Å². The summed E-state index contributed by atoms with van der Waals surface area (Å²) in [4.78, 5) is 26.3. The zero-order valence-electron chi connectivity index (χ0n) is 43.6. The molecule has 0 aromatic carbocycles. The number of Topliss-reactive ketones (excluding diaryl/α,β-unsaturated/α-hetero) is 1. The first kappa shape index (κ1) is 53.6. The minimum absolute atomic E-state index is 0.00827. The zero-order valence-corrected chi connectivity index (χ0v) is 43.6. The fraction of sp³-hybridized carbons (Fsp3) is 0.964. The average Bonchev–Trinajstić information content (AvgIpc) is 3.79. The smallest absolute Gasteiger partial charge is 0.309 e. The van der Waals surface area contributed by atoms with Crippen molar-refractivity contribution >= 4 is 11.8 Å². The highest BCUT2D eigenvalue weighted by atomic mass is 16.5. The number of cyclic esters (lactones) is 1. The number of ketones is 1. The lowest BCUT2D eigenvalue weighted by atomic mass is 9.44. The molecule has 0 spiro atoms. The fourth-order valence-corrected chi connectivity index (χ4v) is 18.2. The summed E-state index contributed by atoms with van der Waals surface area (Å²) in [5, 5.41) is 85.6. The first-order valence-corrected chi connectivity index (χ1v) is 27.3. The maximum absolute atomic E-state index is 13.3. The van der Waals surface area contributed by atoms with Crippen molar-refractivity contribution in [1.82, 2.24) is 0 Å². The van der Waals surface area contributed by atoms with Crippen molar-refractivity contribution in [3.8, 4) is 0 Å². The third-order valence-electron chi connectivity index (χ3n) is 23.2. The first-order chi connectivity index (χ1) is 31.1. The zero-order chi connectivity index (χ0) is 49.6. The Kier molecular flexibility index (Phi) is 15.7. The first-order valence-electron chi connectivity index (χ1n) is 27.3. The van der Waals surface area contributed by atoms with Crippen molar-refractivity contribution in [1.29, 1.82) is 0 Å². The van der Waals surface area contributed by atoms with E-state index in [4.69, 9.17) is 4.74 Å². The van der Waals surface area contributed by atoms with E-state index < -0.39 is 48.8 Å². The van der Waals surface area contributed by atoms with Gasteiger partial charge in [0.2, 0.25) is 0 Å². The molecule has 0 radical (unpaired) electrons. The van der Waals surface area contributed by atoms with Gasteiger partial charge in [0.15, 0.2) is 0 Å². The van der Waals surface area contributed by atoms with Crippen molar-refractivity contribution < 1.29 is 55.2 Å². The van der Waals surface area contributed by atoms with Crippen LogP contribution in [-0.4, -0.2) is 108 Å². The Bertz CT molecular complexity index is 1740. The molecule has 0 unspecified atom stereocenters. The molecule has 0 aromatic heterocycles. The molecule has 0 bridgehead atoms. The van der Waals surface area contributed by atoms with Gasteiger partial charge in [0.25, 0.3) is 0 Å². The summed E-state index contributed by atoms with van der Waals surface area (Å²) in [6.45, 7) is 26.1. The van der Waals surface area contributed by atoms with Crippen LogP contribution in [0, 0.1) is 116 Å². The van der Waals surface area contributed by atoms with Crippen LogP contribution in [0.1, 0.15) is 167 Å². The van der Waals surface area contributed by atoms with Gasteiger partial charge >= 0.3 is 5.97 Å². The number of esters is 1. The van der Waals surface area contributed by atoms with Gasteiger partial charge in [-0.1, -0.05) is 83.1 Å². The van der Waals surface area contributed by atoms with E-state index >= 15 is 0 Å². The van der Waals surface area contributed by atoms with E-state index in [0.717, 1.165) is 51.4 Å². The summed E-state index contributed by atoms with van der Waals surface area (Å²) in [7, 11) is 0. The van der Waals surface area contributed by atoms with Gasteiger partial charge in [-0.15, -0.1) is 0 Å². The molecule has 26 atom stereocenters. The average molecular weight is 945 g/mol. The van der Waals surface area contributed by atoms with E-state index in [9.17, 15) is 50.4 Å². The van der Waals surface area contributed by atoms with E-state index in [-0.39, 0.29) is 87.2 Å². The predicted octanol–water partition coefficient (Wildman–Crippen LogP) is 7.20. The summed E-state index contributed by atoms with van der Waals surface area (Å²) in [5.74, 6) is 3.00. The molecule has 7 aliphatic carbocycles. The largest absolute Gasteiger partial charge is 0.465 e. The maximum Gasteiger partial charge on any atom is 0.309 e. The van der Waals surface area contributed by atoms with E-state index in [2.05, 4.69) is 69.2 Å². The fourth-order valence-electron chi connectivity index (χ4n) is 18.2. The number of rotatable bonds is 10. The Hall–Kier alpha value is -1.18. The summed E-state index contributed by atoms with van der Waals surface area (Å²) in [5.41, 5.74) is -0.507. The van der Waals surface area contributed by atoms with Crippen LogP contribution in [0.2, 0.25) is 0 Å². The SMILES string of the molecule is CC(C)[C@H](C)[C@@H](O)[C@H](O)[C@@H](C)[C@H]1CC[C@H]2[C@@H]3CC(=O)[C@H]4C[C@H](O)[C@H](O)C[C@]4(C)[C@H]3CC[C@]12C.CC(C)[C@H](C)[C@@H](O)[C@H](O)[C@@H](C)[C@H]1CC[C@H]2[C@@H]3COC(=O)[C@H]4C[C@H](O)[C@H](O)C[C@]4(C)[C@H]3CC[C@]12C. The van der Waals surface area contributed by atoms with Crippen molar-refractivity contribution in [2.24, 2.45) is 116 Å². The molecule has 7 saturated carbocycles. The second-order valence-electron chi connectivity index (χ2n) is 26.7. The Morgan fingerprint density at radius 3 is 1.33 bits per heavy atom. The van der Waals surface area contributed by atoms with E-state index in [0.29, 0.717) is 79.6 Å². The molecule has 1 saturated heterocycles. The number of fused-ring (bicyclic) bond motifs is 10. The molecule has 8 rings (SSSR count). The lowest BCUT2D eigenvalue weighted by molar-refractivity contribution is -0.175. The molecule has 67 heavy (non-hydrogen) atoms. The number of carbonyl (C=O) groups is 2. The summed E-state index contributed by atoms with van der Waals surface area (Å²) < 4.78 is 5.86. The monoisotopic (exact) mass is 945 g/mol. The summed E-state index contributed by atoms with van der Waals surface area (Å²) in [6.07, 6.45) is 4.42. The molecule has 8 N–H and O–H groups in total. The summed E-state index contributed by atoms with van der Waals surface area (Å²) in [6, 6.07) is 0. The molecule has 1 aliphatic heterocycles. The minimum atomic E-state index is -0.867.